The van der Waals surface area contributed by atoms with Crippen LogP contribution in [0.25, 0.3) is 11.1 Å². The second-order valence-corrected chi connectivity index (χ2v) is 7.04. The molecule has 0 amide bonds. The van der Waals surface area contributed by atoms with E-state index in [1.807, 2.05) is 51.1 Å². The van der Waals surface area contributed by atoms with Gasteiger partial charge in [0.05, 0.1) is 0 Å². The highest BCUT2D eigenvalue weighted by Crippen LogP contribution is 2.39. The predicted molar refractivity (Wildman–Crippen MR) is 99.3 cm³/mol. The molecule has 0 fully saturated rings. The number of ketones is 1. The molecule has 1 unspecified atom stereocenters. The predicted octanol–water partition coefficient (Wildman–Crippen LogP) is 4.82. The van der Waals surface area contributed by atoms with Crippen LogP contribution in [0.4, 0.5) is 0 Å². The average Bonchev–Trinajstić information content (AvgIpc) is 2.83. The molecule has 24 heavy (non-hydrogen) atoms. The van der Waals surface area contributed by atoms with Crippen LogP contribution in [0.3, 0.4) is 0 Å². The minimum atomic E-state index is -0.975. The lowest BCUT2D eigenvalue weighted by Gasteiger charge is -2.12. The van der Waals surface area contributed by atoms with E-state index >= 15 is 0 Å². The molecule has 0 aromatic heterocycles. The highest BCUT2D eigenvalue weighted by molar-refractivity contribution is 6.34. The third-order valence-electron chi connectivity index (χ3n) is 4.98. The molecule has 0 saturated heterocycles. The number of aliphatic hydroxyl groups excluding tert-OH is 1. The molecule has 1 aliphatic carbocycles. The molecule has 0 aliphatic heterocycles. The molecule has 124 valence electrons. The van der Waals surface area contributed by atoms with Crippen molar-refractivity contribution in [3.05, 3.63) is 68.7 Å². The zero-order valence-electron chi connectivity index (χ0n) is 14.4. The number of halogens is 1. The highest BCUT2D eigenvalue weighted by Gasteiger charge is 2.33. The molecule has 2 aromatic rings. The summed E-state index contributed by atoms with van der Waals surface area (Å²) in [4.78, 5) is 12.6. The van der Waals surface area contributed by atoms with Gasteiger partial charge >= 0.3 is 0 Å². The minimum Gasteiger partial charge on any atom is -0.385 e. The van der Waals surface area contributed by atoms with Gasteiger partial charge in [-0.05, 0) is 72.7 Å². The minimum absolute atomic E-state index is 0.204. The van der Waals surface area contributed by atoms with Crippen LogP contribution >= 0.6 is 11.6 Å². The van der Waals surface area contributed by atoms with Gasteiger partial charge in [-0.1, -0.05) is 35.9 Å². The molecule has 1 atom stereocenters. The summed E-state index contributed by atoms with van der Waals surface area (Å²) in [5, 5.41) is 10.8. The summed E-state index contributed by atoms with van der Waals surface area (Å²) in [7, 11) is 0. The van der Waals surface area contributed by atoms with Gasteiger partial charge in [-0.2, -0.15) is 0 Å². The second kappa shape index (κ2) is 6.19. The van der Waals surface area contributed by atoms with E-state index in [1.54, 1.807) is 0 Å². The van der Waals surface area contributed by atoms with Crippen molar-refractivity contribution in [2.45, 2.75) is 40.2 Å². The van der Waals surface area contributed by atoms with Crippen molar-refractivity contribution in [2.75, 3.05) is 0 Å². The van der Waals surface area contributed by atoms with Crippen LogP contribution in [0.15, 0.2) is 30.3 Å². The molecule has 2 nitrogen and oxygen atoms in total. The Morgan fingerprint density at radius 1 is 0.958 bits per heavy atom. The smallest absolute Gasteiger partial charge is 0.192 e. The number of carbonyl (C=O) groups is 1. The van der Waals surface area contributed by atoms with Crippen molar-refractivity contribution in [2.24, 2.45) is 0 Å². The number of aliphatic hydroxyl groups is 1. The first-order valence-electron chi connectivity index (χ1n) is 8.09. The molecular weight excluding hydrogens is 320 g/mol. The van der Waals surface area contributed by atoms with Crippen LogP contribution in [-0.4, -0.2) is 17.0 Å². The van der Waals surface area contributed by atoms with Crippen molar-refractivity contribution in [3.8, 4) is 0 Å². The lowest BCUT2D eigenvalue weighted by atomic mass is 9.92. The van der Waals surface area contributed by atoms with E-state index in [4.69, 9.17) is 11.6 Å². The number of hydrogen-bond donors (Lipinski definition) is 1. The molecule has 0 radical (unpaired) electrons. The van der Waals surface area contributed by atoms with E-state index in [9.17, 15) is 9.90 Å². The van der Waals surface area contributed by atoms with E-state index in [2.05, 4.69) is 6.92 Å². The molecule has 1 N–H and O–H groups in total. The van der Waals surface area contributed by atoms with Gasteiger partial charge in [0.25, 0.3) is 0 Å². The molecule has 0 bridgehead atoms. The van der Waals surface area contributed by atoms with E-state index in [-0.39, 0.29) is 5.78 Å². The first kappa shape index (κ1) is 16.9. The number of benzene rings is 2. The first-order chi connectivity index (χ1) is 11.3. The van der Waals surface area contributed by atoms with Crippen molar-refractivity contribution < 1.29 is 9.90 Å². The van der Waals surface area contributed by atoms with Gasteiger partial charge in [0.15, 0.2) is 5.78 Å². The Balaban J connectivity index is 2.23. The number of Topliss-reactive ketones (excluding diaryl/α,β-unsaturated/α-hetero) is 1. The molecule has 0 saturated carbocycles. The second-order valence-electron chi connectivity index (χ2n) is 6.64. The zero-order valence-corrected chi connectivity index (χ0v) is 15.2. The van der Waals surface area contributed by atoms with Crippen LogP contribution in [0.2, 0.25) is 5.02 Å². The van der Waals surface area contributed by atoms with E-state index < -0.39 is 6.10 Å². The van der Waals surface area contributed by atoms with Gasteiger partial charge in [-0.15, -0.1) is 0 Å². The zero-order chi connectivity index (χ0) is 17.6. The topological polar surface area (TPSA) is 37.3 Å². The molecule has 2 aromatic carbocycles. The Labute approximate surface area is 147 Å². The summed E-state index contributed by atoms with van der Waals surface area (Å²) in [6.07, 6.45) is -0.642. The Kier molecular flexibility index (Phi) is 4.37. The number of rotatable bonds is 2. The van der Waals surface area contributed by atoms with Crippen LogP contribution < -0.4 is 0 Å². The maximum Gasteiger partial charge on any atom is 0.192 e. The monoisotopic (exact) mass is 340 g/mol. The molecule has 0 heterocycles. The standard InChI is InChI=1S/C21H21ClO2/c1-11-5-6-15(9-18(11)22)17-10-19(23)21(24)20(17)16-7-12(2)14(4)13(3)8-16/h5-9,19,23H,10H2,1-4H3. The van der Waals surface area contributed by atoms with Gasteiger partial charge in [-0.3, -0.25) is 4.79 Å². The quantitative estimate of drug-likeness (QED) is 0.851. The molecule has 1 aliphatic rings. The summed E-state index contributed by atoms with van der Waals surface area (Å²) in [5.74, 6) is -0.204. The Hall–Kier alpha value is -1.90. The fraction of sp³-hybridized carbons (Fsp3) is 0.286. The van der Waals surface area contributed by atoms with Crippen LogP contribution in [0.5, 0.6) is 0 Å². The average molecular weight is 341 g/mol. The largest absolute Gasteiger partial charge is 0.385 e. The third kappa shape index (κ3) is 2.81. The fourth-order valence-electron chi connectivity index (χ4n) is 3.24. The summed E-state index contributed by atoms with van der Waals surface area (Å²) in [6, 6.07) is 9.86. The van der Waals surface area contributed by atoms with Crippen LogP contribution in [-0.2, 0) is 4.79 Å². The summed E-state index contributed by atoms with van der Waals surface area (Å²) in [5.41, 5.74) is 7.79. The lowest BCUT2D eigenvalue weighted by Crippen LogP contribution is -2.14. The summed E-state index contributed by atoms with van der Waals surface area (Å²) in [6.45, 7) is 8.12. The normalized spacial score (nSPS) is 17.8. The maximum atomic E-state index is 12.6. The van der Waals surface area contributed by atoms with Gasteiger partial charge in [0.1, 0.15) is 6.10 Å². The first-order valence-corrected chi connectivity index (χ1v) is 8.47. The Morgan fingerprint density at radius 2 is 1.58 bits per heavy atom. The van der Waals surface area contributed by atoms with Crippen LogP contribution in [0.1, 0.15) is 39.8 Å². The van der Waals surface area contributed by atoms with E-state index in [0.29, 0.717) is 17.0 Å². The Morgan fingerprint density at radius 3 is 2.17 bits per heavy atom. The number of aryl methyl sites for hydroxylation is 3. The van der Waals surface area contributed by atoms with Gasteiger partial charge in [0, 0.05) is 17.0 Å². The number of carbonyl (C=O) groups excluding carboxylic acids is 1. The third-order valence-corrected chi connectivity index (χ3v) is 5.39. The van der Waals surface area contributed by atoms with Crippen molar-refractivity contribution in [1.82, 2.24) is 0 Å². The molecule has 0 spiro atoms. The fourth-order valence-corrected chi connectivity index (χ4v) is 3.42. The molecular formula is C21H21ClO2. The van der Waals surface area contributed by atoms with E-state index in [0.717, 1.165) is 33.4 Å². The van der Waals surface area contributed by atoms with Crippen LogP contribution in [0, 0.1) is 27.7 Å². The Bertz CT molecular complexity index is 854. The maximum absolute atomic E-state index is 12.6. The van der Waals surface area contributed by atoms with Crippen molar-refractivity contribution in [1.29, 1.82) is 0 Å². The SMILES string of the molecule is Cc1ccc(C2=C(c3cc(C)c(C)c(C)c3)C(=O)C(O)C2)cc1Cl. The van der Waals surface area contributed by atoms with E-state index in [1.165, 1.54) is 5.56 Å². The summed E-state index contributed by atoms with van der Waals surface area (Å²) < 4.78 is 0. The summed E-state index contributed by atoms with van der Waals surface area (Å²) >= 11 is 6.26. The van der Waals surface area contributed by atoms with Crippen molar-refractivity contribution >= 4 is 28.5 Å². The molecule has 3 heteroatoms. The van der Waals surface area contributed by atoms with Gasteiger partial charge in [0.2, 0.25) is 0 Å². The highest BCUT2D eigenvalue weighted by atomic mass is 35.5. The van der Waals surface area contributed by atoms with Gasteiger partial charge in [-0.25, -0.2) is 0 Å². The van der Waals surface area contributed by atoms with Crippen molar-refractivity contribution in [3.63, 3.8) is 0 Å². The number of hydrogen-bond acceptors (Lipinski definition) is 2. The van der Waals surface area contributed by atoms with Gasteiger partial charge < -0.3 is 5.11 Å². The lowest BCUT2D eigenvalue weighted by molar-refractivity contribution is -0.120. The molecule has 3 rings (SSSR count).